The standard InChI is InChI=1S/C85H144O17P2/c1-5-9-13-17-21-25-29-32-35-37-39-41-44-46-50-53-57-61-65-69-82(87)95-75-80(101-84(89)71-67-63-59-55-49-28-24-20-16-12-8-4)77-99-103(91,92)97-73-79(86)74-98-104(93,94)100-78-81(102-85(90)72-68-64-60-56-52-48-43-34-31-27-23-19-15-11-7-3)76-96-83(88)70-66-62-58-54-51-47-45-42-40-38-36-33-30-26-22-18-14-10-6-2/h9,11,13,15,21-23,25-27,32-36,39-43,52,56,79-81,86H,5-8,10,12,14,16-20,24,28-31,37-38,44-51,53-55,57-78H2,1-4H3,(H,91,92)(H,93,94)/b13-9-,15-11-,25-21-,26-22-,27-23-,35-32-,36-33-,41-39-,42-40-,43-34-,56-52-. The van der Waals surface area contributed by atoms with Gasteiger partial charge in [-0.25, -0.2) is 9.13 Å². The van der Waals surface area contributed by atoms with Gasteiger partial charge in [-0.3, -0.25) is 37.3 Å². The van der Waals surface area contributed by atoms with Crippen molar-refractivity contribution in [2.75, 3.05) is 39.6 Å². The number of allylic oxidation sites excluding steroid dienone is 22. The first kappa shape index (κ1) is 99.2. The second kappa shape index (κ2) is 76.4. The fraction of sp³-hybridized carbons (Fsp3) is 0.694. The molecule has 3 N–H and O–H groups in total. The van der Waals surface area contributed by atoms with E-state index in [4.69, 9.17) is 37.0 Å². The minimum atomic E-state index is -4.99. The molecular weight excluding hydrogens is 1350 g/mol. The van der Waals surface area contributed by atoms with E-state index in [0.717, 1.165) is 180 Å². The van der Waals surface area contributed by atoms with E-state index in [1.165, 1.54) is 57.8 Å². The normalized spacial score (nSPS) is 14.6. The van der Waals surface area contributed by atoms with Gasteiger partial charge in [0.1, 0.15) is 19.3 Å². The molecule has 0 aliphatic carbocycles. The molecule has 0 radical (unpaired) electrons. The smallest absolute Gasteiger partial charge is 0.462 e. The van der Waals surface area contributed by atoms with Gasteiger partial charge in [0.15, 0.2) is 12.2 Å². The second-order valence-electron chi connectivity index (χ2n) is 26.6. The van der Waals surface area contributed by atoms with Gasteiger partial charge in [-0.15, -0.1) is 0 Å². The van der Waals surface area contributed by atoms with Gasteiger partial charge in [0.2, 0.25) is 0 Å². The Morgan fingerprint density at radius 3 is 0.808 bits per heavy atom. The summed E-state index contributed by atoms with van der Waals surface area (Å²) in [6, 6.07) is 0. The highest BCUT2D eigenvalue weighted by molar-refractivity contribution is 7.47. The van der Waals surface area contributed by atoms with E-state index in [-0.39, 0.29) is 25.7 Å². The van der Waals surface area contributed by atoms with E-state index in [2.05, 4.69) is 161 Å². The highest BCUT2D eigenvalue weighted by Gasteiger charge is 2.30. The van der Waals surface area contributed by atoms with E-state index < -0.39 is 97.5 Å². The molecule has 17 nitrogen and oxygen atoms in total. The van der Waals surface area contributed by atoms with Crippen LogP contribution in [0, 0.1) is 0 Å². The number of phosphoric ester groups is 2. The first-order chi connectivity index (χ1) is 50.7. The Hall–Kier alpha value is -4.80. The van der Waals surface area contributed by atoms with Crippen LogP contribution in [0.15, 0.2) is 134 Å². The van der Waals surface area contributed by atoms with Crippen LogP contribution in [0.2, 0.25) is 0 Å². The number of aliphatic hydroxyl groups is 1. The molecule has 0 aliphatic heterocycles. The maximum absolute atomic E-state index is 13.1. The molecule has 596 valence electrons. The lowest BCUT2D eigenvalue weighted by atomic mass is 10.1. The van der Waals surface area contributed by atoms with Crippen molar-refractivity contribution >= 4 is 39.5 Å². The lowest BCUT2D eigenvalue weighted by Crippen LogP contribution is -2.30. The maximum atomic E-state index is 13.1. The quantitative estimate of drug-likeness (QED) is 0.0169. The molecule has 5 atom stereocenters. The largest absolute Gasteiger partial charge is 0.472 e. The van der Waals surface area contributed by atoms with E-state index in [1.807, 2.05) is 0 Å². The zero-order valence-electron chi connectivity index (χ0n) is 65.2. The number of hydrogen-bond donors (Lipinski definition) is 3. The molecule has 19 heteroatoms. The molecule has 0 saturated heterocycles. The van der Waals surface area contributed by atoms with Crippen LogP contribution in [0.3, 0.4) is 0 Å². The van der Waals surface area contributed by atoms with Gasteiger partial charge in [-0.1, -0.05) is 290 Å². The minimum Gasteiger partial charge on any atom is -0.462 e. The third-order valence-corrected chi connectivity index (χ3v) is 18.5. The van der Waals surface area contributed by atoms with Crippen molar-refractivity contribution in [3.63, 3.8) is 0 Å². The third-order valence-electron chi connectivity index (χ3n) is 16.6. The number of phosphoric acid groups is 2. The van der Waals surface area contributed by atoms with Gasteiger partial charge in [0, 0.05) is 25.7 Å². The van der Waals surface area contributed by atoms with Crippen molar-refractivity contribution in [1.82, 2.24) is 0 Å². The third kappa shape index (κ3) is 75.4. The van der Waals surface area contributed by atoms with Crippen LogP contribution >= 0.6 is 15.6 Å². The summed E-state index contributed by atoms with van der Waals surface area (Å²) in [5.74, 6) is -2.25. The van der Waals surface area contributed by atoms with Crippen molar-refractivity contribution in [3.05, 3.63) is 134 Å². The molecule has 0 fully saturated rings. The van der Waals surface area contributed by atoms with Crippen molar-refractivity contribution in [3.8, 4) is 0 Å². The van der Waals surface area contributed by atoms with Crippen LogP contribution in [0.1, 0.15) is 323 Å². The fourth-order valence-electron chi connectivity index (χ4n) is 10.5. The molecule has 0 spiro atoms. The Morgan fingerprint density at radius 2 is 0.500 bits per heavy atom. The summed E-state index contributed by atoms with van der Waals surface area (Å²) in [6.07, 6.45) is 85.8. The molecule has 104 heavy (non-hydrogen) atoms. The van der Waals surface area contributed by atoms with Gasteiger partial charge in [0.25, 0.3) is 0 Å². The highest BCUT2D eigenvalue weighted by Crippen LogP contribution is 2.45. The summed E-state index contributed by atoms with van der Waals surface area (Å²) in [5, 5.41) is 10.6. The average Bonchev–Trinajstić information content (AvgIpc) is 0.931. The number of unbranched alkanes of at least 4 members (excludes halogenated alkanes) is 27. The second-order valence-corrected chi connectivity index (χ2v) is 29.5. The zero-order chi connectivity index (χ0) is 76.0. The Labute approximate surface area is 631 Å². The first-order valence-corrected chi connectivity index (χ1v) is 43.4. The summed E-state index contributed by atoms with van der Waals surface area (Å²) < 4.78 is 68.6. The molecule has 5 unspecified atom stereocenters. The van der Waals surface area contributed by atoms with Gasteiger partial charge >= 0.3 is 39.5 Å². The topological polar surface area (TPSA) is 237 Å². The lowest BCUT2D eigenvalue weighted by molar-refractivity contribution is -0.161. The number of carbonyl (C=O) groups excluding carboxylic acids is 4. The van der Waals surface area contributed by atoms with Crippen LogP contribution in [-0.4, -0.2) is 96.7 Å². The number of esters is 4. The monoisotopic (exact) mass is 1500 g/mol. The van der Waals surface area contributed by atoms with Crippen molar-refractivity contribution in [1.29, 1.82) is 0 Å². The maximum Gasteiger partial charge on any atom is 0.472 e. The molecule has 0 aliphatic rings. The van der Waals surface area contributed by atoms with E-state index in [1.54, 1.807) is 0 Å². The van der Waals surface area contributed by atoms with E-state index in [9.17, 15) is 43.2 Å². The summed E-state index contributed by atoms with van der Waals surface area (Å²) in [7, 11) is -9.98. The van der Waals surface area contributed by atoms with E-state index >= 15 is 0 Å². The Morgan fingerprint density at radius 1 is 0.279 bits per heavy atom. The molecule has 0 heterocycles. The first-order valence-electron chi connectivity index (χ1n) is 40.4. The van der Waals surface area contributed by atoms with Crippen LogP contribution in [-0.2, 0) is 65.4 Å². The van der Waals surface area contributed by atoms with Crippen LogP contribution in [0.25, 0.3) is 0 Å². The molecule has 0 aromatic carbocycles. The summed E-state index contributed by atoms with van der Waals surface area (Å²) in [4.78, 5) is 73.0. The average molecular weight is 1500 g/mol. The molecule has 0 rings (SSSR count). The zero-order valence-corrected chi connectivity index (χ0v) is 66.9. The molecule has 0 bridgehead atoms. The Bertz CT molecular complexity index is 2490. The van der Waals surface area contributed by atoms with Crippen LogP contribution < -0.4 is 0 Å². The lowest BCUT2D eigenvalue weighted by Gasteiger charge is -2.21. The van der Waals surface area contributed by atoms with Crippen molar-refractivity contribution < 1.29 is 80.2 Å². The van der Waals surface area contributed by atoms with Gasteiger partial charge in [-0.05, 0) is 141 Å². The van der Waals surface area contributed by atoms with Crippen molar-refractivity contribution in [2.45, 2.75) is 341 Å². The molecule has 0 amide bonds. The summed E-state index contributed by atoms with van der Waals surface area (Å²) >= 11 is 0. The predicted octanol–water partition coefficient (Wildman–Crippen LogP) is 23.7. The Kier molecular flexibility index (Phi) is 72.9. The predicted molar refractivity (Wildman–Crippen MR) is 427 cm³/mol. The summed E-state index contributed by atoms with van der Waals surface area (Å²) in [6.45, 7) is 4.55. The highest BCUT2D eigenvalue weighted by atomic mass is 31.2. The van der Waals surface area contributed by atoms with Crippen LogP contribution in [0.4, 0.5) is 0 Å². The SMILES string of the molecule is CC/C=C\C/C=C\C/C=C\C/C=C\CCCCCCCCC(=O)OCC(COP(=O)(O)OCC(O)COP(=O)(O)OCC(COC(=O)CCCCCCCC/C=C\C/C=C\C/C=C\CCCCC)OC(=O)CCCC/C=C\C/C=C\C/C=C\C/C=C\CC)OC(=O)CCCCCCCCCCCCC. The van der Waals surface area contributed by atoms with Crippen molar-refractivity contribution in [2.24, 2.45) is 0 Å². The Balaban J connectivity index is 5.36. The minimum absolute atomic E-state index is 0.0372. The van der Waals surface area contributed by atoms with Gasteiger partial charge in [0.05, 0.1) is 26.4 Å². The van der Waals surface area contributed by atoms with E-state index in [0.29, 0.717) is 32.1 Å². The van der Waals surface area contributed by atoms with Gasteiger partial charge in [-0.2, -0.15) is 0 Å². The number of aliphatic hydroxyl groups excluding tert-OH is 1. The molecule has 0 aromatic heterocycles. The number of carbonyl (C=O) groups is 4. The number of ether oxygens (including phenoxy) is 4. The van der Waals surface area contributed by atoms with Crippen LogP contribution in [0.5, 0.6) is 0 Å². The number of rotatable bonds is 75. The summed E-state index contributed by atoms with van der Waals surface area (Å²) in [5.41, 5.74) is 0. The van der Waals surface area contributed by atoms with Gasteiger partial charge < -0.3 is 33.8 Å². The molecule has 0 aromatic rings. The number of hydrogen-bond acceptors (Lipinski definition) is 15. The molecular formula is C85H144O17P2. The fourth-order valence-corrected chi connectivity index (χ4v) is 12.1. The molecule has 0 saturated carbocycles.